The lowest BCUT2D eigenvalue weighted by Gasteiger charge is -2.12. The van der Waals surface area contributed by atoms with Gasteiger partial charge >= 0.3 is 0 Å². The van der Waals surface area contributed by atoms with Crippen LogP contribution in [0.2, 0.25) is 5.02 Å². The Morgan fingerprint density at radius 3 is 2.65 bits per heavy atom. The maximum absolute atomic E-state index is 12.2. The van der Waals surface area contributed by atoms with Crippen molar-refractivity contribution >= 4 is 34.7 Å². The van der Waals surface area contributed by atoms with Crippen LogP contribution in [0.1, 0.15) is 15.9 Å². The number of aromatic nitrogens is 1. The topological polar surface area (TPSA) is 63.2 Å². The highest BCUT2D eigenvalue weighted by molar-refractivity contribution is 6.31. The standard InChI is InChI=1S/C20H18ClN3O2/c1-13-6-8-18(26-2)17(10-13)24-19-9-7-16(12-22-19)23-20(25)14-4-3-5-15(21)11-14/h3-12H,1-2H3,(H,22,24)(H,23,25). The summed E-state index contributed by atoms with van der Waals surface area (Å²) >= 11 is 5.91. The van der Waals surface area contributed by atoms with Crippen molar-refractivity contribution in [2.24, 2.45) is 0 Å². The molecule has 0 saturated heterocycles. The summed E-state index contributed by atoms with van der Waals surface area (Å²) < 4.78 is 5.35. The Morgan fingerprint density at radius 1 is 1.12 bits per heavy atom. The van der Waals surface area contributed by atoms with Crippen LogP contribution in [0.3, 0.4) is 0 Å². The van der Waals surface area contributed by atoms with E-state index in [4.69, 9.17) is 16.3 Å². The summed E-state index contributed by atoms with van der Waals surface area (Å²) in [5.74, 6) is 1.14. The Hall–Kier alpha value is -3.05. The maximum Gasteiger partial charge on any atom is 0.255 e. The number of hydrogen-bond acceptors (Lipinski definition) is 4. The molecule has 5 nitrogen and oxygen atoms in total. The average molecular weight is 368 g/mol. The number of pyridine rings is 1. The van der Waals surface area contributed by atoms with Crippen molar-refractivity contribution in [3.8, 4) is 5.75 Å². The summed E-state index contributed by atoms with van der Waals surface area (Å²) in [7, 11) is 1.62. The molecule has 0 aliphatic heterocycles. The first-order valence-electron chi connectivity index (χ1n) is 8.00. The van der Waals surface area contributed by atoms with Crippen LogP contribution in [0.25, 0.3) is 0 Å². The van der Waals surface area contributed by atoms with Gasteiger partial charge in [-0.2, -0.15) is 0 Å². The molecule has 1 amide bonds. The fraction of sp³-hybridized carbons (Fsp3) is 0.100. The normalized spacial score (nSPS) is 10.3. The van der Waals surface area contributed by atoms with Crippen LogP contribution in [-0.4, -0.2) is 18.0 Å². The van der Waals surface area contributed by atoms with E-state index in [-0.39, 0.29) is 5.91 Å². The molecule has 0 aliphatic carbocycles. The van der Waals surface area contributed by atoms with Crippen molar-refractivity contribution in [2.45, 2.75) is 6.92 Å². The maximum atomic E-state index is 12.2. The van der Waals surface area contributed by atoms with Gasteiger partial charge in [0.25, 0.3) is 5.91 Å². The van der Waals surface area contributed by atoms with Crippen LogP contribution in [0, 0.1) is 6.92 Å². The number of aryl methyl sites for hydroxylation is 1. The zero-order valence-electron chi connectivity index (χ0n) is 14.4. The third-order valence-electron chi connectivity index (χ3n) is 3.73. The molecule has 0 atom stereocenters. The predicted octanol–water partition coefficient (Wildman–Crippen LogP) is 5.05. The lowest BCUT2D eigenvalue weighted by molar-refractivity contribution is 0.102. The van der Waals surface area contributed by atoms with Gasteiger partial charge in [0.1, 0.15) is 11.6 Å². The molecular weight excluding hydrogens is 350 g/mol. The molecule has 3 rings (SSSR count). The third-order valence-corrected chi connectivity index (χ3v) is 3.96. The summed E-state index contributed by atoms with van der Waals surface area (Å²) in [6.07, 6.45) is 1.59. The van der Waals surface area contributed by atoms with Crippen LogP contribution in [-0.2, 0) is 0 Å². The molecule has 0 bridgehead atoms. The van der Waals surface area contributed by atoms with Gasteiger partial charge in [-0.05, 0) is 55.0 Å². The van der Waals surface area contributed by atoms with Gasteiger partial charge in [0.05, 0.1) is 24.7 Å². The lowest BCUT2D eigenvalue weighted by atomic mass is 10.2. The average Bonchev–Trinajstić information content (AvgIpc) is 2.63. The zero-order chi connectivity index (χ0) is 18.5. The van der Waals surface area contributed by atoms with Gasteiger partial charge in [-0.25, -0.2) is 4.98 Å². The van der Waals surface area contributed by atoms with Gasteiger partial charge in [0.15, 0.2) is 0 Å². The van der Waals surface area contributed by atoms with E-state index in [1.807, 2.05) is 25.1 Å². The molecular formula is C20H18ClN3O2. The summed E-state index contributed by atoms with van der Waals surface area (Å²) in [4.78, 5) is 16.6. The molecule has 1 heterocycles. The molecule has 1 aromatic heterocycles. The van der Waals surface area contributed by atoms with Crippen LogP contribution >= 0.6 is 11.6 Å². The largest absolute Gasteiger partial charge is 0.495 e. The van der Waals surface area contributed by atoms with E-state index in [2.05, 4.69) is 15.6 Å². The number of nitrogens with one attached hydrogen (secondary N) is 2. The molecule has 0 unspecified atom stereocenters. The second-order valence-corrected chi connectivity index (χ2v) is 6.16. The van der Waals surface area contributed by atoms with Crippen LogP contribution in [0.15, 0.2) is 60.8 Å². The van der Waals surface area contributed by atoms with Crippen molar-refractivity contribution in [1.82, 2.24) is 4.98 Å². The Bertz CT molecular complexity index is 927. The molecule has 0 aliphatic rings. The molecule has 0 fully saturated rings. The number of carbonyl (C=O) groups excluding carboxylic acids is 1. The molecule has 2 aromatic carbocycles. The SMILES string of the molecule is COc1ccc(C)cc1Nc1ccc(NC(=O)c2cccc(Cl)c2)cn1. The van der Waals surface area contributed by atoms with E-state index in [1.54, 1.807) is 49.7 Å². The van der Waals surface area contributed by atoms with E-state index in [9.17, 15) is 4.79 Å². The number of methoxy groups -OCH3 is 1. The molecule has 0 saturated carbocycles. The van der Waals surface area contributed by atoms with Gasteiger partial charge in [-0.1, -0.05) is 23.7 Å². The van der Waals surface area contributed by atoms with E-state index < -0.39 is 0 Å². The molecule has 0 spiro atoms. The van der Waals surface area contributed by atoms with Crippen LogP contribution < -0.4 is 15.4 Å². The molecule has 26 heavy (non-hydrogen) atoms. The Labute approximate surface area is 157 Å². The van der Waals surface area contributed by atoms with Gasteiger partial charge in [-0.3, -0.25) is 4.79 Å². The number of ether oxygens (including phenoxy) is 1. The van der Waals surface area contributed by atoms with Crippen LogP contribution in [0.5, 0.6) is 5.75 Å². The second-order valence-electron chi connectivity index (χ2n) is 5.73. The number of anilines is 3. The van der Waals surface area contributed by atoms with Crippen molar-refractivity contribution in [3.05, 3.63) is 76.9 Å². The monoisotopic (exact) mass is 367 g/mol. The van der Waals surface area contributed by atoms with Crippen LogP contribution in [0.4, 0.5) is 17.2 Å². The number of nitrogens with zero attached hydrogens (tertiary/aromatic N) is 1. The second kappa shape index (κ2) is 7.89. The molecule has 3 aromatic rings. The lowest BCUT2D eigenvalue weighted by Crippen LogP contribution is -2.12. The third kappa shape index (κ3) is 4.32. The predicted molar refractivity (Wildman–Crippen MR) is 105 cm³/mol. The molecule has 6 heteroatoms. The first-order chi connectivity index (χ1) is 12.5. The molecule has 2 N–H and O–H groups in total. The molecule has 0 radical (unpaired) electrons. The minimum atomic E-state index is -0.240. The number of rotatable bonds is 5. The minimum absolute atomic E-state index is 0.240. The van der Waals surface area contributed by atoms with Crippen molar-refractivity contribution in [1.29, 1.82) is 0 Å². The van der Waals surface area contributed by atoms with Gasteiger partial charge in [-0.15, -0.1) is 0 Å². The van der Waals surface area contributed by atoms with Gasteiger partial charge in [0, 0.05) is 10.6 Å². The first-order valence-corrected chi connectivity index (χ1v) is 8.37. The number of benzene rings is 2. The van der Waals surface area contributed by atoms with Gasteiger partial charge in [0.2, 0.25) is 0 Å². The quantitative estimate of drug-likeness (QED) is 0.662. The number of halogens is 1. The van der Waals surface area contributed by atoms with E-state index in [0.717, 1.165) is 17.0 Å². The summed E-state index contributed by atoms with van der Waals surface area (Å²) in [6, 6.07) is 16.2. The summed E-state index contributed by atoms with van der Waals surface area (Å²) in [5, 5.41) is 6.53. The Morgan fingerprint density at radius 2 is 1.96 bits per heavy atom. The highest BCUT2D eigenvalue weighted by Crippen LogP contribution is 2.28. The Kier molecular flexibility index (Phi) is 5.39. The van der Waals surface area contributed by atoms with Gasteiger partial charge < -0.3 is 15.4 Å². The van der Waals surface area contributed by atoms with E-state index in [0.29, 0.717) is 22.1 Å². The summed E-state index contributed by atoms with van der Waals surface area (Å²) in [5.41, 5.74) is 3.02. The first kappa shape index (κ1) is 17.8. The van der Waals surface area contributed by atoms with Crippen molar-refractivity contribution in [3.63, 3.8) is 0 Å². The highest BCUT2D eigenvalue weighted by Gasteiger charge is 2.08. The minimum Gasteiger partial charge on any atom is -0.495 e. The van der Waals surface area contributed by atoms with E-state index >= 15 is 0 Å². The Balaban J connectivity index is 1.71. The van der Waals surface area contributed by atoms with Crippen molar-refractivity contribution in [2.75, 3.05) is 17.7 Å². The zero-order valence-corrected chi connectivity index (χ0v) is 15.2. The summed E-state index contributed by atoms with van der Waals surface area (Å²) in [6.45, 7) is 2.01. The number of hydrogen-bond donors (Lipinski definition) is 2. The van der Waals surface area contributed by atoms with E-state index in [1.165, 1.54) is 0 Å². The fourth-order valence-electron chi connectivity index (χ4n) is 2.43. The highest BCUT2D eigenvalue weighted by atomic mass is 35.5. The fourth-order valence-corrected chi connectivity index (χ4v) is 2.62. The van der Waals surface area contributed by atoms with Crippen molar-refractivity contribution < 1.29 is 9.53 Å². The molecule has 132 valence electrons. The smallest absolute Gasteiger partial charge is 0.255 e. The number of carbonyl (C=O) groups is 1. The number of amides is 1.